The molecule has 1 aromatic rings. The summed E-state index contributed by atoms with van der Waals surface area (Å²) in [7, 11) is 0. The Hall–Kier alpha value is -1.21. The summed E-state index contributed by atoms with van der Waals surface area (Å²) < 4.78 is 5.68. The van der Waals surface area contributed by atoms with E-state index in [1.807, 2.05) is 4.90 Å². The quantitative estimate of drug-likeness (QED) is 0.846. The monoisotopic (exact) mass is 310 g/mol. The van der Waals surface area contributed by atoms with Crippen molar-refractivity contribution in [3.8, 4) is 0 Å². The molecule has 0 N–H and O–H groups in total. The van der Waals surface area contributed by atoms with Gasteiger partial charge in [-0.2, -0.15) is 0 Å². The van der Waals surface area contributed by atoms with Gasteiger partial charge in [-0.25, -0.2) is 0 Å². The zero-order valence-electron chi connectivity index (χ0n) is 12.6. The number of ether oxygens (including phenoxy) is 1. The first kappa shape index (κ1) is 14.7. The van der Waals surface area contributed by atoms with E-state index in [0.29, 0.717) is 19.1 Å². The number of carbonyl (C=O) groups excluding carboxylic acids is 1. The molecule has 0 bridgehead atoms. The van der Waals surface area contributed by atoms with Gasteiger partial charge in [0.15, 0.2) is 6.10 Å². The Morgan fingerprint density at radius 3 is 2.71 bits per heavy atom. The average Bonchev–Trinajstić information content (AvgIpc) is 3.18. The van der Waals surface area contributed by atoms with Crippen molar-refractivity contribution in [3.05, 3.63) is 5.01 Å². The van der Waals surface area contributed by atoms with Crippen molar-refractivity contribution in [2.45, 2.75) is 38.7 Å². The van der Waals surface area contributed by atoms with Gasteiger partial charge in [0.2, 0.25) is 5.13 Å². The van der Waals surface area contributed by atoms with Crippen molar-refractivity contribution in [3.63, 3.8) is 0 Å². The summed E-state index contributed by atoms with van der Waals surface area (Å²) in [4.78, 5) is 16.5. The van der Waals surface area contributed by atoms with Crippen LogP contribution in [0.5, 0.6) is 0 Å². The molecular weight excluding hydrogens is 288 g/mol. The number of nitrogens with zero attached hydrogens (tertiary/aromatic N) is 4. The van der Waals surface area contributed by atoms with E-state index >= 15 is 0 Å². The van der Waals surface area contributed by atoms with Gasteiger partial charge in [0, 0.05) is 25.6 Å². The summed E-state index contributed by atoms with van der Waals surface area (Å²) in [5, 5.41) is 10.4. The number of likely N-dealkylation sites (tertiary alicyclic amines) is 1. The predicted molar refractivity (Wildman–Crippen MR) is 81.8 cm³/mol. The van der Waals surface area contributed by atoms with Crippen LogP contribution in [0.15, 0.2) is 0 Å². The fourth-order valence-electron chi connectivity index (χ4n) is 2.70. The van der Waals surface area contributed by atoms with E-state index < -0.39 is 0 Å². The first-order valence-electron chi connectivity index (χ1n) is 7.64. The van der Waals surface area contributed by atoms with E-state index in [2.05, 4.69) is 28.9 Å². The third-order valence-corrected chi connectivity index (χ3v) is 5.24. The van der Waals surface area contributed by atoms with Crippen molar-refractivity contribution < 1.29 is 9.53 Å². The fraction of sp³-hybridized carbons (Fsp3) is 0.786. The van der Waals surface area contributed by atoms with Crippen molar-refractivity contribution in [1.82, 2.24) is 15.1 Å². The number of rotatable bonds is 3. The largest absolute Gasteiger partial charge is 0.365 e. The van der Waals surface area contributed by atoms with Gasteiger partial charge in [-0.05, 0) is 12.8 Å². The molecule has 3 heterocycles. The Labute approximate surface area is 129 Å². The number of anilines is 1. The maximum atomic E-state index is 12.4. The molecule has 6 nitrogen and oxygen atoms in total. The van der Waals surface area contributed by atoms with Gasteiger partial charge in [-0.3, -0.25) is 4.79 Å². The number of hydrogen-bond acceptors (Lipinski definition) is 6. The van der Waals surface area contributed by atoms with Crippen LogP contribution in [0.3, 0.4) is 0 Å². The molecule has 0 spiro atoms. The van der Waals surface area contributed by atoms with E-state index in [0.717, 1.165) is 42.6 Å². The molecule has 2 aliphatic heterocycles. The number of hydrogen-bond donors (Lipinski definition) is 0. The lowest BCUT2D eigenvalue weighted by atomic mass is 10.2. The predicted octanol–water partition coefficient (Wildman–Crippen LogP) is 1.49. The first-order chi connectivity index (χ1) is 10.1. The van der Waals surface area contributed by atoms with Crippen LogP contribution in [-0.2, 0) is 9.53 Å². The van der Waals surface area contributed by atoms with Crippen molar-refractivity contribution in [2.75, 3.05) is 37.7 Å². The summed E-state index contributed by atoms with van der Waals surface area (Å²) >= 11 is 1.62. The lowest BCUT2D eigenvalue weighted by Gasteiger charge is -2.33. The summed E-state index contributed by atoms with van der Waals surface area (Å²) in [6.07, 6.45) is 1.86. The normalized spacial score (nSPS) is 23.1. The summed E-state index contributed by atoms with van der Waals surface area (Å²) in [6, 6.07) is 0. The van der Waals surface area contributed by atoms with Crippen LogP contribution < -0.4 is 4.90 Å². The molecule has 2 fully saturated rings. The molecule has 0 saturated carbocycles. The molecule has 1 atom stereocenters. The van der Waals surface area contributed by atoms with Crippen LogP contribution in [0.2, 0.25) is 0 Å². The maximum absolute atomic E-state index is 12.4. The van der Waals surface area contributed by atoms with Gasteiger partial charge >= 0.3 is 0 Å². The third kappa shape index (κ3) is 3.18. The second-order valence-electron chi connectivity index (χ2n) is 5.92. The number of amides is 1. The Morgan fingerprint density at radius 2 is 2.05 bits per heavy atom. The highest BCUT2D eigenvalue weighted by Gasteiger charge is 2.32. The minimum atomic E-state index is -0.358. The molecule has 2 aliphatic rings. The highest BCUT2D eigenvalue weighted by Crippen LogP contribution is 2.27. The Morgan fingerprint density at radius 1 is 1.29 bits per heavy atom. The molecule has 116 valence electrons. The third-order valence-electron chi connectivity index (χ3n) is 3.95. The molecule has 1 aromatic heterocycles. The molecule has 2 saturated heterocycles. The SMILES string of the molecule is CC(C)c1nnc(N2CCOC(C(=O)N3CCCC3)C2)s1. The molecule has 3 rings (SSSR count). The van der Waals surface area contributed by atoms with E-state index in [1.165, 1.54) is 0 Å². The Balaban J connectivity index is 1.65. The van der Waals surface area contributed by atoms with Crippen LogP contribution in [0, 0.1) is 0 Å². The molecular formula is C14H22N4O2S. The van der Waals surface area contributed by atoms with Crippen LogP contribution in [0.4, 0.5) is 5.13 Å². The molecule has 0 aromatic carbocycles. The van der Waals surface area contributed by atoms with Crippen LogP contribution in [0.25, 0.3) is 0 Å². The fourth-order valence-corrected chi connectivity index (χ4v) is 3.58. The van der Waals surface area contributed by atoms with Crippen LogP contribution in [0.1, 0.15) is 37.6 Å². The lowest BCUT2D eigenvalue weighted by molar-refractivity contribution is -0.143. The summed E-state index contributed by atoms with van der Waals surface area (Å²) in [6.45, 7) is 7.90. The van der Waals surface area contributed by atoms with Crippen molar-refractivity contribution in [2.24, 2.45) is 0 Å². The number of aromatic nitrogens is 2. The maximum Gasteiger partial charge on any atom is 0.253 e. The van der Waals surface area contributed by atoms with Gasteiger partial charge in [0.05, 0.1) is 13.2 Å². The smallest absolute Gasteiger partial charge is 0.253 e. The number of morpholine rings is 1. The van der Waals surface area contributed by atoms with Crippen molar-refractivity contribution in [1.29, 1.82) is 0 Å². The minimum Gasteiger partial charge on any atom is -0.365 e. The van der Waals surface area contributed by atoms with Crippen molar-refractivity contribution >= 4 is 22.4 Å². The van der Waals surface area contributed by atoms with E-state index in [9.17, 15) is 4.79 Å². The zero-order valence-corrected chi connectivity index (χ0v) is 13.4. The topological polar surface area (TPSA) is 58.6 Å². The Bertz CT molecular complexity index is 499. The van der Waals surface area contributed by atoms with Gasteiger partial charge < -0.3 is 14.5 Å². The minimum absolute atomic E-state index is 0.130. The van der Waals surface area contributed by atoms with E-state index in [-0.39, 0.29) is 12.0 Å². The molecule has 1 amide bonds. The van der Waals surface area contributed by atoms with Crippen LogP contribution >= 0.6 is 11.3 Å². The second-order valence-corrected chi connectivity index (χ2v) is 6.90. The van der Waals surface area contributed by atoms with Gasteiger partial charge in [0.1, 0.15) is 5.01 Å². The molecule has 21 heavy (non-hydrogen) atoms. The molecule has 0 radical (unpaired) electrons. The highest BCUT2D eigenvalue weighted by molar-refractivity contribution is 7.15. The van der Waals surface area contributed by atoms with Crippen LogP contribution in [-0.4, -0.2) is 59.9 Å². The number of carbonyl (C=O) groups is 1. The van der Waals surface area contributed by atoms with E-state index in [1.54, 1.807) is 11.3 Å². The standard InChI is InChI=1S/C14H22N4O2S/c1-10(2)12-15-16-14(21-12)18-7-8-20-11(9-18)13(19)17-5-3-4-6-17/h10-11H,3-9H2,1-2H3. The van der Waals surface area contributed by atoms with Gasteiger partial charge in [0.25, 0.3) is 5.91 Å². The summed E-state index contributed by atoms with van der Waals surface area (Å²) in [5.74, 6) is 0.519. The first-order valence-corrected chi connectivity index (χ1v) is 8.45. The lowest BCUT2D eigenvalue weighted by Crippen LogP contribution is -2.50. The second kappa shape index (κ2) is 6.27. The van der Waals surface area contributed by atoms with E-state index in [4.69, 9.17) is 4.74 Å². The zero-order chi connectivity index (χ0) is 14.8. The Kier molecular flexibility index (Phi) is 4.40. The molecule has 0 aliphatic carbocycles. The van der Waals surface area contributed by atoms with Gasteiger partial charge in [-0.1, -0.05) is 25.2 Å². The highest BCUT2D eigenvalue weighted by atomic mass is 32.1. The molecule has 1 unspecified atom stereocenters. The summed E-state index contributed by atoms with van der Waals surface area (Å²) in [5.41, 5.74) is 0. The van der Waals surface area contributed by atoms with Gasteiger partial charge in [-0.15, -0.1) is 10.2 Å². The average molecular weight is 310 g/mol. The molecule has 7 heteroatoms.